The first-order valence-electron chi connectivity index (χ1n) is 7.76. The minimum atomic E-state index is 0.428. The molecule has 1 unspecified atom stereocenters. The van der Waals surface area contributed by atoms with Crippen molar-refractivity contribution < 1.29 is 4.74 Å². The Kier molecular flexibility index (Phi) is 5.06. The van der Waals surface area contributed by atoms with Crippen LogP contribution >= 0.6 is 0 Å². The van der Waals surface area contributed by atoms with E-state index < -0.39 is 0 Å². The summed E-state index contributed by atoms with van der Waals surface area (Å²) in [4.78, 5) is 0. The van der Waals surface area contributed by atoms with Crippen LogP contribution in [-0.2, 0) is 0 Å². The first-order chi connectivity index (χ1) is 10.0. The van der Waals surface area contributed by atoms with Crippen LogP contribution in [0.3, 0.4) is 0 Å². The molecule has 112 valence electrons. The van der Waals surface area contributed by atoms with Crippen molar-refractivity contribution in [2.24, 2.45) is 5.92 Å². The average Bonchev–Trinajstić information content (AvgIpc) is 2.48. The molecule has 1 atom stereocenters. The summed E-state index contributed by atoms with van der Waals surface area (Å²) in [7, 11) is 1.71. The first kappa shape index (κ1) is 15.6. The van der Waals surface area contributed by atoms with Gasteiger partial charge < -0.3 is 4.74 Å². The lowest BCUT2D eigenvalue weighted by Gasteiger charge is -2.23. The number of hydrogen-bond acceptors (Lipinski definition) is 1. The fourth-order valence-corrected chi connectivity index (χ4v) is 2.86. The zero-order valence-corrected chi connectivity index (χ0v) is 13.8. The van der Waals surface area contributed by atoms with Crippen LogP contribution in [0.5, 0.6) is 5.75 Å². The van der Waals surface area contributed by atoms with Crippen molar-refractivity contribution in [3.63, 3.8) is 0 Å². The molecule has 0 aliphatic rings. The zero-order chi connectivity index (χ0) is 15.4. The van der Waals surface area contributed by atoms with Gasteiger partial charge in [-0.15, -0.1) is 0 Å². The molecule has 2 aromatic rings. The molecule has 0 heterocycles. The second kappa shape index (κ2) is 6.80. The van der Waals surface area contributed by atoms with E-state index in [1.54, 1.807) is 7.11 Å². The van der Waals surface area contributed by atoms with Gasteiger partial charge >= 0.3 is 0 Å². The Hall–Kier alpha value is -1.76. The molecule has 0 bridgehead atoms. The highest BCUT2D eigenvalue weighted by atomic mass is 16.5. The van der Waals surface area contributed by atoms with Crippen molar-refractivity contribution in [3.8, 4) is 5.75 Å². The van der Waals surface area contributed by atoms with E-state index in [1.165, 1.54) is 16.7 Å². The van der Waals surface area contributed by atoms with Crippen LogP contribution in [0, 0.1) is 5.92 Å². The predicted octanol–water partition coefficient (Wildman–Crippen LogP) is 5.61. The van der Waals surface area contributed by atoms with Gasteiger partial charge in [0.05, 0.1) is 7.11 Å². The van der Waals surface area contributed by atoms with E-state index in [2.05, 4.69) is 64.1 Å². The lowest BCUT2D eigenvalue weighted by molar-refractivity contribution is 0.414. The van der Waals surface area contributed by atoms with E-state index in [1.807, 2.05) is 12.1 Å². The van der Waals surface area contributed by atoms with Crippen LogP contribution in [0.25, 0.3) is 0 Å². The Morgan fingerprint density at radius 3 is 1.48 bits per heavy atom. The Bertz CT molecular complexity index is 549. The number of benzene rings is 2. The summed E-state index contributed by atoms with van der Waals surface area (Å²) < 4.78 is 5.26. The summed E-state index contributed by atoms with van der Waals surface area (Å²) in [5.41, 5.74) is 4.14. The largest absolute Gasteiger partial charge is 0.497 e. The second-order valence-corrected chi connectivity index (χ2v) is 6.32. The van der Waals surface area contributed by atoms with Crippen molar-refractivity contribution in [1.82, 2.24) is 0 Å². The van der Waals surface area contributed by atoms with Gasteiger partial charge in [0.2, 0.25) is 0 Å². The Morgan fingerprint density at radius 1 is 0.667 bits per heavy atom. The van der Waals surface area contributed by atoms with E-state index in [4.69, 9.17) is 4.74 Å². The fraction of sp³-hybridized carbons (Fsp3) is 0.400. The zero-order valence-electron chi connectivity index (χ0n) is 13.8. The predicted molar refractivity (Wildman–Crippen MR) is 90.2 cm³/mol. The van der Waals surface area contributed by atoms with Crippen LogP contribution in [-0.4, -0.2) is 7.11 Å². The third kappa shape index (κ3) is 3.66. The van der Waals surface area contributed by atoms with Crippen LogP contribution < -0.4 is 4.74 Å². The van der Waals surface area contributed by atoms with Crippen LogP contribution in [0.1, 0.15) is 56.2 Å². The van der Waals surface area contributed by atoms with E-state index in [0.717, 1.165) is 5.75 Å². The van der Waals surface area contributed by atoms with Gasteiger partial charge in [0.25, 0.3) is 0 Å². The van der Waals surface area contributed by atoms with Crippen LogP contribution in [0.4, 0.5) is 0 Å². The molecule has 0 aliphatic heterocycles. The molecular weight excluding hydrogens is 256 g/mol. The monoisotopic (exact) mass is 282 g/mol. The van der Waals surface area contributed by atoms with Crippen molar-refractivity contribution in [2.75, 3.05) is 7.11 Å². The Morgan fingerprint density at radius 2 is 1.10 bits per heavy atom. The third-order valence-corrected chi connectivity index (χ3v) is 4.10. The molecule has 0 saturated heterocycles. The summed E-state index contributed by atoms with van der Waals surface area (Å²) >= 11 is 0. The van der Waals surface area contributed by atoms with Crippen LogP contribution in [0.2, 0.25) is 0 Å². The third-order valence-electron chi connectivity index (χ3n) is 4.10. The lowest BCUT2D eigenvalue weighted by Crippen LogP contribution is -2.08. The smallest absolute Gasteiger partial charge is 0.118 e. The van der Waals surface area contributed by atoms with E-state index >= 15 is 0 Å². The number of ether oxygens (including phenoxy) is 1. The number of hydrogen-bond donors (Lipinski definition) is 0. The highest BCUT2D eigenvalue weighted by molar-refractivity contribution is 5.38. The summed E-state index contributed by atoms with van der Waals surface area (Å²) in [6, 6.07) is 17.5. The van der Waals surface area contributed by atoms with Crippen molar-refractivity contribution in [2.45, 2.75) is 39.5 Å². The molecule has 0 radical (unpaired) electrons. The van der Waals surface area contributed by atoms with E-state index in [-0.39, 0.29) is 0 Å². The quantitative estimate of drug-likeness (QED) is 0.693. The molecule has 0 saturated carbocycles. The lowest BCUT2D eigenvalue weighted by atomic mass is 9.82. The van der Waals surface area contributed by atoms with Gasteiger partial charge in [-0.2, -0.15) is 0 Å². The molecule has 0 aliphatic carbocycles. The number of methoxy groups -OCH3 is 1. The molecule has 0 fully saturated rings. The van der Waals surface area contributed by atoms with Crippen molar-refractivity contribution >= 4 is 0 Å². The topological polar surface area (TPSA) is 9.23 Å². The van der Waals surface area contributed by atoms with Gasteiger partial charge in [0, 0.05) is 5.92 Å². The summed E-state index contributed by atoms with van der Waals surface area (Å²) in [5, 5.41) is 0. The molecule has 0 spiro atoms. The van der Waals surface area contributed by atoms with Gasteiger partial charge in [-0.25, -0.2) is 0 Å². The van der Waals surface area contributed by atoms with Gasteiger partial charge in [-0.05, 0) is 40.7 Å². The Balaban J connectivity index is 2.33. The minimum Gasteiger partial charge on any atom is -0.497 e. The van der Waals surface area contributed by atoms with Gasteiger partial charge in [-0.1, -0.05) is 64.1 Å². The highest BCUT2D eigenvalue weighted by Gasteiger charge is 2.18. The summed E-state index contributed by atoms with van der Waals surface area (Å²) in [6.45, 7) is 9.04. The SMILES string of the molecule is COc1ccc(C(c2ccc(C(C)C)cc2)C(C)C)cc1. The normalized spacial score (nSPS) is 12.7. The van der Waals surface area contributed by atoms with E-state index in [9.17, 15) is 0 Å². The Labute approximate surface area is 129 Å². The molecule has 2 aromatic carbocycles. The maximum absolute atomic E-state index is 5.26. The van der Waals surface area contributed by atoms with Crippen molar-refractivity contribution in [3.05, 3.63) is 65.2 Å². The number of rotatable bonds is 5. The molecule has 0 N–H and O–H groups in total. The molecule has 2 rings (SSSR count). The highest BCUT2D eigenvalue weighted by Crippen LogP contribution is 2.33. The molecule has 0 amide bonds. The summed E-state index contributed by atoms with van der Waals surface area (Å²) in [6.07, 6.45) is 0. The fourth-order valence-electron chi connectivity index (χ4n) is 2.86. The molecule has 0 aromatic heterocycles. The van der Waals surface area contributed by atoms with Gasteiger partial charge in [-0.3, -0.25) is 0 Å². The second-order valence-electron chi connectivity index (χ2n) is 6.32. The molecular formula is C20H26O. The van der Waals surface area contributed by atoms with E-state index in [0.29, 0.717) is 17.8 Å². The first-order valence-corrected chi connectivity index (χ1v) is 7.76. The minimum absolute atomic E-state index is 0.428. The molecule has 1 nitrogen and oxygen atoms in total. The van der Waals surface area contributed by atoms with Crippen LogP contribution in [0.15, 0.2) is 48.5 Å². The molecule has 21 heavy (non-hydrogen) atoms. The van der Waals surface area contributed by atoms with Crippen molar-refractivity contribution in [1.29, 1.82) is 0 Å². The maximum Gasteiger partial charge on any atom is 0.118 e. The summed E-state index contributed by atoms with van der Waals surface area (Å²) in [5.74, 6) is 2.48. The van der Waals surface area contributed by atoms with Gasteiger partial charge in [0.1, 0.15) is 5.75 Å². The standard InChI is InChI=1S/C20H26O/c1-14(2)16-6-8-17(9-7-16)20(15(3)4)18-10-12-19(21-5)13-11-18/h6-15,20H,1-5H3. The van der Waals surface area contributed by atoms with Gasteiger partial charge in [0.15, 0.2) is 0 Å². The molecule has 1 heteroatoms. The average molecular weight is 282 g/mol. The maximum atomic E-state index is 5.26.